The fraction of sp³-hybridized carbons (Fsp3) is 0.385. The van der Waals surface area contributed by atoms with Gasteiger partial charge < -0.3 is 15.0 Å². The highest BCUT2D eigenvalue weighted by Crippen LogP contribution is 2.22. The largest absolute Gasteiger partial charge is 0.455 e. The Morgan fingerprint density at radius 3 is 2.51 bits per heavy atom. The van der Waals surface area contributed by atoms with Crippen molar-refractivity contribution in [3.05, 3.63) is 75.2 Å². The van der Waals surface area contributed by atoms with Crippen molar-refractivity contribution in [3.63, 3.8) is 0 Å². The molecule has 3 aromatic rings. The Morgan fingerprint density at radius 1 is 1.09 bits per heavy atom. The van der Waals surface area contributed by atoms with Gasteiger partial charge in [0, 0.05) is 30.9 Å². The van der Waals surface area contributed by atoms with Gasteiger partial charge in [0.15, 0.2) is 6.61 Å². The molecule has 3 heterocycles. The predicted molar refractivity (Wildman–Crippen MR) is 133 cm³/mol. The SMILES string of the molecule is Cc1nn(Cc2ccccc2)c(C)c1CNC(=O)COC(=O)C1CCN(C(=O)c2cccs2)CC1. The molecule has 1 aliphatic heterocycles. The van der Waals surface area contributed by atoms with E-state index in [1.807, 2.05) is 54.2 Å². The van der Waals surface area contributed by atoms with E-state index >= 15 is 0 Å². The molecule has 0 bridgehead atoms. The van der Waals surface area contributed by atoms with Gasteiger partial charge >= 0.3 is 5.97 Å². The van der Waals surface area contributed by atoms with Crippen molar-refractivity contribution in [2.24, 2.45) is 5.92 Å². The molecule has 0 spiro atoms. The molecule has 0 saturated carbocycles. The highest BCUT2D eigenvalue weighted by molar-refractivity contribution is 7.12. The minimum Gasteiger partial charge on any atom is -0.455 e. The van der Waals surface area contributed by atoms with Gasteiger partial charge in [-0.2, -0.15) is 5.10 Å². The van der Waals surface area contributed by atoms with E-state index < -0.39 is 0 Å². The molecule has 184 valence electrons. The average Bonchev–Trinajstić information content (AvgIpc) is 3.50. The molecule has 2 amide bonds. The molecule has 35 heavy (non-hydrogen) atoms. The van der Waals surface area contributed by atoms with Crippen molar-refractivity contribution in [2.45, 2.75) is 39.8 Å². The number of carbonyl (C=O) groups excluding carboxylic acids is 3. The number of carbonyl (C=O) groups is 3. The molecule has 1 aromatic carbocycles. The van der Waals surface area contributed by atoms with E-state index in [0.29, 0.717) is 43.9 Å². The molecule has 0 atom stereocenters. The zero-order valence-corrected chi connectivity index (χ0v) is 20.8. The average molecular weight is 495 g/mol. The third kappa shape index (κ3) is 6.16. The molecule has 1 fully saturated rings. The van der Waals surface area contributed by atoms with E-state index in [2.05, 4.69) is 22.5 Å². The van der Waals surface area contributed by atoms with Gasteiger partial charge in [-0.15, -0.1) is 11.3 Å². The fourth-order valence-electron chi connectivity index (χ4n) is 4.27. The van der Waals surface area contributed by atoms with E-state index in [1.54, 1.807) is 4.90 Å². The zero-order chi connectivity index (χ0) is 24.8. The monoisotopic (exact) mass is 494 g/mol. The molecule has 9 heteroatoms. The van der Waals surface area contributed by atoms with Crippen LogP contribution < -0.4 is 5.32 Å². The number of esters is 1. The van der Waals surface area contributed by atoms with Crippen LogP contribution in [0.4, 0.5) is 0 Å². The molecule has 0 unspecified atom stereocenters. The van der Waals surface area contributed by atoms with E-state index in [9.17, 15) is 14.4 Å². The van der Waals surface area contributed by atoms with Crippen LogP contribution in [0.15, 0.2) is 47.8 Å². The van der Waals surface area contributed by atoms with E-state index in [4.69, 9.17) is 4.74 Å². The maximum absolute atomic E-state index is 12.5. The van der Waals surface area contributed by atoms with Crippen LogP contribution in [0.25, 0.3) is 0 Å². The van der Waals surface area contributed by atoms with Crippen molar-refractivity contribution in [1.82, 2.24) is 20.0 Å². The normalized spacial score (nSPS) is 14.1. The Kier molecular flexibility index (Phi) is 7.97. The number of nitrogens with one attached hydrogen (secondary N) is 1. The molecule has 1 saturated heterocycles. The number of piperidine rings is 1. The smallest absolute Gasteiger partial charge is 0.309 e. The van der Waals surface area contributed by atoms with Gasteiger partial charge in [-0.3, -0.25) is 19.1 Å². The molecular weight excluding hydrogens is 464 g/mol. The van der Waals surface area contributed by atoms with Crippen molar-refractivity contribution >= 4 is 29.1 Å². The van der Waals surface area contributed by atoms with Gasteiger partial charge in [-0.1, -0.05) is 36.4 Å². The van der Waals surface area contributed by atoms with E-state index in [1.165, 1.54) is 11.3 Å². The first-order valence-corrected chi connectivity index (χ1v) is 12.6. The highest BCUT2D eigenvalue weighted by Gasteiger charge is 2.29. The molecule has 2 aromatic heterocycles. The van der Waals surface area contributed by atoms with Crippen LogP contribution in [0.2, 0.25) is 0 Å². The number of aromatic nitrogens is 2. The lowest BCUT2D eigenvalue weighted by atomic mass is 9.97. The minimum absolute atomic E-state index is 0.00359. The summed E-state index contributed by atoms with van der Waals surface area (Å²) in [5, 5.41) is 9.32. The Balaban J connectivity index is 1.21. The second-order valence-corrected chi connectivity index (χ2v) is 9.67. The van der Waals surface area contributed by atoms with Crippen molar-refractivity contribution in [1.29, 1.82) is 0 Å². The topological polar surface area (TPSA) is 93.5 Å². The predicted octanol–water partition coefficient (Wildman–Crippen LogP) is 3.32. The number of ether oxygens (including phenoxy) is 1. The summed E-state index contributed by atoms with van der Waals surface area (Å²) >= 11 is 1.42. The van der Waals surface area contributed by atoms with Gasteiger partial charge in [0.2, 0.25) is 0 Å². The number of hydrogen-bond acceptors (Lipinski definition) is 6. The highest BCUT2D eigenvalue weighted by atomic mass is 32.1. The number of benzene rings is 1. The first-order valence-electron chi connectivity index (χ1n) is 11.7. The Morgan fingerprint density at radius 2 is 1.83 bits per heavy atom. The lowest BCUT2D eigenvalue weighted by Crippen LogP contribution is -2.41. The summed E-state index contributed by atoms with van der Waals surface area (Å²) in [4.78, 5) is 39.7. The van der Waals surface area contributed by atoms with Crippen LogP contribution in [-0.4, -0.2) is 52.2 Å². The van der Waals surface area contributed by atoms with Gasteiger partial charge in [-0.05, 0) is 43.7 Å². The molecule has 1 aliphatic rings. The lowest BCUT2D eigenvalue weighted by molar-refractivity contribution is -0.153. The molecule has 1 N–H and O–H groups in total. The number of likely N-dealkylation sites (tertiary alicyclic amines) is 1. The Labute approximate surface area is 208 Å². The number of thiophene rings is 1. The Hall–Kier alpha value is -3.46. The van der Waals surface area contributed by atoms with Crippen molar-refractivity contribution in [2.75, 3.05) is 19.7 Å². The maximum atomic E-state index is 12.5. The number of amides is 2. The van der Waals surface area contributed by atoms with Gasteiger partial charge in [0.1, 0.15) is 0 Å². The van der Waals surface area contributed by atoms with E-state index in [0.717, 1.165) is 22.5 Å². The summed E-state index contributed by atoms with van der Waals surface area (Å²) in [5.41, 5.74) is 3.97. The Bertz CT molecular complexity index is 1170. The van der Waals surface area contributed by atoms with Crippen LogP contribution in [0.5, 0.6) is 0 Å². The minimum atomic E-state index is -0.383. The molecule has 0 radical (unpaired) electrons. The number of rotatable bonds is 8. The standard InChI is InChI=1S/C26H30N4O4S/c1-18-22(19(2)30(28-18)16-20-7-4-3-5-8-20)15-27-24(31)17-34-26(33)21-10-12-29(13-11-21)25(32)23-9-6-14-35-23/h3-9,14,21H,10-13,15-17H2,1-2H3,(H,27,31). The van der Waals surface area contributed by atoms with Gasteiger partial charge in [0.05, 0.1) is 23.0 Å². The van der Waals surface area contributed by atoms with Crippen LogP contribution in [0, 0.1) is 19.8 Å². The first-order chi connectivity index (χ1) is 16.9. The summed E-state index contributed by atoms with van der Waals surface area (Å²) in [5.74, 6) is -1.02. The fourth-order valence-corrected chi connectivity index (χ4v) is 4.96. The summed E-state index contributed by atoms with van der Waals surface area (Å²) in [6.07, 6.45) is 1.08. The molecular formula is C26H30N4O4S. The summed E-state index contributed by atoms with van der Waals surface area (Å²) < 4.78 is 7.20. The second-order valence-electron chi connectivity index (χ2n) is 8.72. The first kappa shape index (κ1) is 24.7. The second kappa shape index (κ2) is 11.3. The van der Waals surface area contributed by atoms with Gasteiger partial charge in [0.25, 0.3) is 11.8 Å². The number of hydrogen-bond donors (Lipinski definition) is 1. The van der Waals surface area contributed by atoms with Crippen LogP contribution >= 0.6 is 11.3 Å². The summed E-state index contributed by atoms with van der Waals surface area (Å²) in [6.45, 7) is 5.60. The zero-order valence-electron chi connectivity index (χ0n) is 20.0. The molecule has 8 nitrogen and oxygen atoms in total. The summed E-state index contributed by atoms with van der Waals surface area (Å²) in [6, 6.07) is 13.7. The lowest BCUT2D eigenvalue weighted by Gasteiger charge is -2.30. The quantitative estimate of drug-likeness (QED) is 0.485. The number of nitrogens with zero attached hydrogens (tertiary/aromatic N) is 3. The molecule has 4 rings (SSSR count). The summed E-state index contributed by atoms with van der Waals surface area (Å²) in [7, 11) is 0. The van der Waals surface area contributed by atoms with Crippen LogP contribution in [0.3, 0.4) is 0 Å². The van der Waals surface area contributed by atoms with Gasteiger partial charge in [-0.25, -0.2) is 0 Å². The van der Waals surface area contributed by atoms with E-state index in [-0.39, 0.29) is 30.3 Å². The van der Waals surface area contributed by atoms with Crippen LogP contribution in [-0.2, 0) is 27.4 Å². The van der Waals surface area contributed by atoms with Crippen molar-refractivity contribution < 1.29 is 19.1 Å². The third-order valence-electron chi connectivity index (χ3n) is 6.36. The third-order valence-corrected chi connectivity index (χ3v) is 7.22. The molecule has 0 aliphatic carbocycles. The van der Waals surface area contributed by atoms with Crippen LogP contribution in [0.1, 0.15) is 45.0 Å². The number of aryl methyl sites for hydroxylation is 1. The van der Waals surface area contributed by atoms with Crippen molar-refractivity contribution in [3.8, 4) is 0 Å². The maximum Gasteiger partial charge on any atom is 0.309 e.